The van der Waals surface area contributed by atoms with E-state index in [0.717, 1.165) is 38.5 Å². The number of alkyl halides is 3. The van der Waals surface area contributed by atoms with Crippen LogP contribution in [0.4, 0.5) is 24.1 Å². The number of nitrogens with one attached hydrogen (secondary N) is 2. The molecule has 178 valence electrons. The van der Waals surface area contributed by atoms with Crippen LogP contribution >= 0.6 is 11.3 Å². The first kappa shape index (κ1) is 23.5. The highest BCUT2D eigenvalue weighted by atomic mass is 32.1. The van der Waals surface area contributed by atoms with Gasteiger partial charge in [0.25, 0.3) is 0 Å². The molecule has 3 heterocycles. The fraction of sp³-hybridized carbons (Fsp3) is 0.273. The van der Waals surface area contributed by atoms with E-state index in [1.54, 1.807) is 0 Å². The van der Waals surface area contributed by atoms with Crippen LogP contribution in [0.15, 0.2) is 42.6 Å². The van der Waals surface area contributed by atoms with Crippen molar-refractivity contribution in [2.24, 2.45) is 0 Å². The Hall–Kier alpha value is -3.67. The molecule has 1 saturated carbocycles. The molecule has 0 amide bonds. The van der Waals surface area contributed by atoms with E-state index in [9.17, 15) is 13.2 Å². The van der Waals surface area contributed by atoms with Crippen molar-refractivity contribution in [3.05, 3.63) is 42.6 Å². The number of carboxylic acids is 1. The quantitative estimate of drug-likeness (QED) is 0.305. The molecule has 0 bridgehead atoms. The van der Waals surface area contributed by atoms with Crippen molar-refractivity contribution in [3.8, 4) is 21.8 Å². The number of rotatable bonds is 4. The average Bonchev–Trinajstić information content (AvgIpc) is 3.54. The molecule has 8 nitrogen and oxygen atoms in total. The van der Waals surface area contributed by atoms with Crippen molar-refractivity contribution >= 4 is 39.2 Å². The van der Waals surface area contributed by atoms with Gasteiger partial charge in [-0.2, -0.15) is 13.2 Å². The fourth-order valence-corrected chi connectivity index (χ4v) is 4.37. The van der Waals surface area contributed by atoms with Crippen molar-refractivity contribution in [2.45, 2.75) is 37.9 Å². The number of hydrogen-bond acceptors (Lipinski definition) is 7. The molecule has 3 aromatic heterocycles. The lowest BCUT2D eigenvalue weighted by Gasteiger charge is -2.13. The number of nitrogens with zero attached hydrogens (tertiary/aromatic N) is 3. The van der Waals surface area contributed by atoms with E-state index >= 15 is 0 Å². The van der Waals surface area contributed by atoms with Crippen LogP contribution in [0, 0.1) is 0 Å². The number of carbonyl (C=O) groups is 1. The lowest BCUT2D eigenvalue weighted by atomic mass is 10.1. The lowest BCUT2D eigenvalue weighted by Crippen LogP contribution is -2.21. The number of benzene rings is 1. The maximum absolute atomic E-state index is 10.6. The normalized spacial score (nSPS) is 14.1. The number of hydrogen-bond donors (Lipinski definition) is 4. The molecule has 0 spiro atoms. The Morgan fingerprint density at radius 1 is 1.18 bits per heavy atom. The summed E-state index contributed by atoms with van der Waals surface area (Å²) in [6, 6.07) is 12.9. The standard InChI is InChI=1S/C20H20N6S.C2HF3O2/c21-20-26-25-19(27-20)12-8-9-16-14(10-12)15(11-22-16)17-6-3-7-18(24-17)23-13-4-1-2-5-13;3-2(4,5)1(6)7/h3,6-11,13,22H,1-2,4-5H2,(H2,21,26)(H,23,24);(H,6,7). The summed E-state index contributed by atoms with van der Waals surface area (Å²) in [7, 11) is 0. The minimum absolute atomic E-state index is 0.478. The molecule has 0 atom stereocenters. The number of H-pyrrole nitrogens is 1. The van der Waals surface area contributed by atoms with Crippen LogP contribution in [0.2, 0.25) is 0 Å². The van der Waals surface area contributed by atoms with E-state index in [0.29, 0.717) is 11.2 Å². The molecule has 5 N–H and O–H groups in total. The largest absolute Gasteiger partial charge is 0.490 e. The fourth-order valence-electron chi connectivity index (χ4n) is 3.76. The second-order valence-corrected chi connectivity index (χ2v) is 8.75. The number of fused-ring (bicyclic) bond motifs is 1. The van der Waals surface area contributed by atoms with E-state index in [-0.39, 0.29) is 0 Å². The van der Waals surface area contributed by atoms with Gasteiger partial charge in [0.2, 0.25) is 5.13 Å². The molecule has 1 aromatic carbocycles. The second-order valence-electron chi connectivity index (χ2n) is 7.74. The predicted octanol–water partition coefficient (Wildman–Crippen LogP) is 5.32. The van der Waals surface area contributed by atoms with Crippen LogP contribution in [0.3, 0.4) is 0 Å². The van der Waals surface area contributed by atoms with Gasteiger partial charge in [0.05, 0.1) is 5.69 Å². The Balaban J connectivity index is 0.000000344. The maximum atomic E-state index is 10.6. The average molecular weight is 491 g/mol. The van der Waals surface area contributed by atoms with Gasteiger partial charge in [-0.1, -0.05) is 30.2 Å². The van der Waals surface area contributed by atoms with Gasteiger partial charge in [0, 0.05) is 34.3 Å². The molecule has 1 fully saturated rings. The van der Waals surface area contributed by atoms with Gasteiger partial charge in [0.15, 0.2) is 0 Å². The summed E-state index contributed by atoms with van der Waals surface area (Å²) in [5.41, 5.74) is 9.86. The lowest BCUT2D eigenvalue weighted by molar-refractivity contribution is -0.192. The first-order chi connectivity index (χ1) is 16.2. The van der Waals surface area contributed by atoms with E-state index in [1.165, 1.54) is 37.0 Å². The van der Waals surface area contributed by atoms with Crippen LogP contribution in [-0.2, 0) is 4.79 Å². The number of aromatic amines is 1. The Morgan fingerprint density at radius 3 is 2.56 bits per heavy atom. The highest BCUT2D eigenvalue weighted by Crippen LogP contribution is 2.33. The van der Waals surface area contributed by atoms with Crippen molar-refractivity contribution in [2.75, 3.05) is 11.1 Å². The summed E-state index contributed by atoms with van der Waals surface area (Å²) in [6.07, 6.45) is 2.00. The van der Waals surface area contributed by atoms with Gasteiger partial charge in [0.1, 0.15) is 10.8 Å². The monoisotopic (exact) mass is 490 g/mol. The van der Waals surface area contributed by atoms with Crippen LogP contribution in [0.5, 0.6) is 0 Å². The number of carboxylic acid groups (broad SMARTS) is 1. The molecule has 0 saturated heterocycles. The molecule has 1 aliphatic rings. The molecule has 1 aliphatic carbocycles. The molecule has 0 radical (unpaired) electrons. The first-order valence-corrected chi connectivity index (χ1v) is 11.3. The minimum atomic E-state index is -5.08. The van der Waals surface area contributed by atoms with Gasteiger partial charge < -0.3 is 21.1 Å². The Kier molecular flexibility index (Phi) is 6.68. The third-order valence-electron chi connectivity index (χ3n) is 5.34. The van der Waals surface area contributed by atoms with Crippen molar-refractivity contribution in [1.82, 2.24) is 20.2 Å². The number of aromatic nitrogens is 4. The van der Waals surface area contributed by atoms with Gasteiger partial charge in [-0.05, 0) is 43.2 Å². The number of anilines is 2. The summed E-state index contributed by atoms with van der Waals surface area (Å²) >= 11 is 1.39. The molecule has 0 aliphatic heterocycles. The zero-order chi connectivity index (χ0) is 24.3. The summed E-state index contributed by atoms with van der Waals surface area (Å²) in [5, 5.41) is 21.2. The Morgan fingerprint density at radius 2 is 1.91 bits per heavy atom. The first-order valence-electron chi connectivity index (χ1n) is 10.5. The zero-order valence-corrected chi connectivity index (χ0v) is 18.6. The van der Waals surface area contributed by atoms with Crippen molar-refractivity contribution in [3.63, 3.8) is 0 Å². The maximum Gasteiger partial charge on any atom is 0.490 e. The summed E-state index contributed by atoms with van der Waals surface area (Å²) in [5.74, 6) is -1.81. The zero-order valence-electron chi connectivity index (χ0n) is 17.8. The van der Waals surface area contributed by atoms with Gasteiger partial charge >= 0.3 is 12.1 Å². The highest BCUT2D eigenvalue weighted by Gasteiger charge is 2.38. The molecule has 0 unspecified atom stereocenters. The number of nitrogen functional groups attached to an aromatic ring is 1. The molecule has 12 heteroatoms. The predicted molar refractivity (Wildman–Crippen MR) is 124 cm³/mol. The second kappa shape index (κ2) is 9.67. The van der Waals surface area contributed by atoms with Crippen LogP contribution < -0.4 is 11.1 Å². The third-order valence-corrected chi connectivity index (χ3v) is 6.15. The summed E-state index contributed by atoms with van der Waals surface area (Å²) < 4.78 is 31.7. The number of halogens is 3. The van der Waals surface area contributed by atoms with E-state index in [1.807, 2.05) is 18.3 Å². The van der Waals surface area contributed by atoms with Gasteiger partial charge in [-0.25, -0.2) is 9.78 Å². The smallest absolute Gasteiger partial charge is 0.475 e. The molecular weight excluding hydrogens is 469 g/mol. The highest BCUT2D eigenvalue weighted by molar-refractivity contribution is 7.18. The SMILES string of the molecule is Nc1nnc(-c2ccc3[nH]cc(-c4cccc(NC5CCCC5)n4)c3c2)s1.O=C(O)C(F)(F)F. The van der Waals surface area contributed by atoms with Crippen LogP contribution in [-0.4, -0.2) is 43.5 Å². The number of nitrogens with two attached hydrogens (primary N) is 1. The van der Waals surface area contributed by atoms with E-state index < -0.39 is 12.1 Å². The topological polar surface area (TPSA) is 130 Å². The van der Waals surface area contributed by atoms with E-state index in [2.05, 4.69) is 44.8 Å². The molecule has 34 heavy (non-hydrogen) atoms. The summed E-state index contributed by atoms with van der Waals surface area (Å²) in [6.45, 7) is 0. The number of aliphatic carboxylic acids is 1. The minimum Gasteiger partial charge on any atom is -0.475 e. The van der Waals surface area contributed by atoms with Crippen LogP contribution in [0.25, 0.3) is 32.7 Å². The number of pyridine rings is 1. The van der Waals surface area contributed by atoms with Crippen molar-refractivity contribution < 1.29 is 23.1 Å². The van der Waals surface area contributed by atoms with Gasteiger partial charge in [-0.3, -0.25) is 0 Å². The van der Waals surface area contributed by atoms with Crippen molar-refractivity contribution in [1.29, 1.82) is 0 Å². The summed E-state index contributed by atoms with van der Waals surface area (Å²) in [4.78, 5) is 17.1. The van der Waals surface area contributed by atoms with E-state index in [4.69, 9.17) is 20.6 Å². The molecular formula is C22H21F3N6O2S. The molecule has 5 rings (SSSR count). The van der Waals surface area contributed by atoms with Gasteiger partial charge in [-0.15, -0.1) is 10.2 Å². The van der Waals surface area contributed by atoms with Crippen LogP contribution in [0.1, 0.15) is 25.7 Å². The third kappa shape index (κ3) is 5.45. The Bertz CT molecular complexity index is 1300. The Labute approximate surface area is 196 Å². The molecule has 4 aromatic rings.